The van der Waals surface area contributed by atoms with Gasteiger partial charge < -0.3 is 10.1 Å². The van der Waals surface area contributed by atoms with Crippen LogP contribution in [-0.4, -0.2) is 42.8 Å². The molecule has 0 saturated heterocycles. The average molecular weight is 600 g/mol. The third kappa shape index (κ3) is 4.41. The van der Waals surface area contributed by atoms with Gasteiger partial charge in [-0.05, 0) is 129 Å². The molecule has 0 spiro atoms. The van der Waals surface area contributed by atoms with Gasteiger partial charge in [-0.15, -0.1) is 0 Å². The van der Waals surface area contributed by atoms with E-state index in [1.54, 1.807) is 11.8 Å². The van der Waals surface area contributed by atoms with Crippen LogP contribution in [0.3, 0.4) is 0 Å². The summed E-state index contributed by atoms with van der Waals surface area (Å²) in [5.41, 5.74) is 0.996. The average Bonchev–Trinajstić information content (AvgIpc) is 3.34. The summed E-state index contributed by atoms with van der Waals surface area (Å²) in [6, 6.07) is -0.594. The van der Waals surface area contributed by atoms with Crippen molar-refractivity contribution in [2.75, 3.05) is 19.1 Å². The Bertz CT molecular complexity index is 1130. The van der Waals surface area contributed by atoms with Gasteiger partial charge in [0.15, 0.2) is 0 Å². The molecular formula is C36H57NO4S. The van der Waals surface area contributed by atoms with Crippen LogP contribution in [0.2, 0.25) is 0 Å². The number of Topliss-reactive ketones (excluding diaryl/α,β-unsaturated/α-hetero) is 1. The summed E-state index contributed by atoms with van der Waals surface area (Å²) in [6.45, 7) is 18.8. The first-order valence-electron chi connectivity index (χ1n) is 16.7. The van der Waals surface area contributed by atoms with Gasteiger partial charge in [-0.3, -0.25) is 9.59 Å². The van der Waals surface area contributed by atoms with Crippen LogP contribution in [0.5, 0.6) is 0 Å². The van der Waals surface area contributed by atoms with E-state index in [2.05, 4.69) is 53.4 Å². The van der Waals surface area contributed by atoms with Crippen molar-refractivity contribution in [3.05, 3.63) is 12.2 Å². The number of amides is 1. The van der Waals surface area contributed by atoms with Gasteiger partial charge in [0.1, 0.15) is 11.8 Å². The highest BCUT2D eigenvalue weighted by atomic mass is 32.2. The molecule has 0 aliphatic heterocycles. The van der Waals surface area contributed by atoms with Crippen LogP contribution < -0.4 is 5.32 Å². The van der Waals surface area contributed by atoms with E-state index in [4.69, 9.17) is 4.74 Å². The molecule has 236 valence electrons. The number of nitrogens with one attached hydrogen (secondary N) is 1. The molecule has 0 bridgehead atoms. The van der Waals surface area contributed by atoms with Gasteiger partial charge in [-0.1, -0.05) is 46.8 Å². The Kier molecular flexibility index (Phi) is 8.37. The van der Waals surface area contributed by atoms with Gasteiger partial charge >= 0.3 is 5.97 Å². The third-order valence-electron chi connectivity index (χ3n) is 14.7. The number of allylic oxidation sites excluding steroid dienone is 1. The number of ether oxygens (including phenoxy) is 1. The van der Waals surface area contributed by atoms with Gasteiger partial charge in [-0.2, -0.15) is 11.8 Å². The number of hydrogen-bond donors (Lipinski definition) is 1. The first kappa shape index (κ1) is 32.1. The number of thioether (sulfide) groups is 1. The molecule has 10 atom stereocenters. The summed E-state index contributed by atoms with van der Waals surface area (Å²) in [6.07, 6.45) is 12.8. The van der Waals surface area contributed by atoms with Crippen LogP contribution in [0.25, 0.3) is 0 Å². The fraction of sp³-hybridized carbons (Fsp3) is 0.861. The number of ketones is 1. The quantitative estimate of drug-likeness (QED) is 0.241. The molecule has 1 N–H and O–H groups in total. The van der Waals surface area contributed by atoms with E-state index >= 15 is 0 Å². The Labute approximate surface area is 259 Å². The maximum Gasteiger partial charge on any atom is 0.328 e. The van der Waals surface area contributed by atoms with E-state index in [1.165, 1.54) is 25.5 Å². The Morgan fingerprint density at radius 3 is 2.33 bits per heavy atom. The molecule has 0 heterocycles. The van der Waals surface area contributed by atoms with Crippen LogP contribution >= 0.6 is 11.8 Å². The lowest BCUT2D eigenvalue weighted by molar-refractivity contribution is -0.233. The summed E-state index contributed by atoms with van der Waals surface area (Å²) in [4.78, 5) is 40.3. The SMILES string of the molecule is C=C(C)C1CC[C@]2(C(=O)N[C@@H](CCSC)C(=O)OC)CC[C@@]3(C)C(CCC4[C@@]5(C)CCC(=O)C(C)(C)C5CC[C@]43C)C12. The van der Waals surface area contributed by atoms with E-state index in [-0.39, 0.29) is 39.5 Å². The molecule has 5 unspecified atom stereocenters. The maximum absolute atomic E-state index is 14.5. The third-order valence-corrected chi connectivity index (χ3v) is 15.3. The molecule has 6 heteroatoms. The lowest BCUT2D eigenvalue weighted by atomic mass is 9.32. The van der Waals surface area contributed by atoms with Gasteiger partial charge in [-0.25, -0.2) is 4.79 Å². The zero-order valence-corrected chi connectivity index (χ0v) is 28.5. The van der Waals surface area contributed by atoms with Gasteiger partial charge in [0.2, 0.25) is 5.91 Å². The second kappa shape index (κ2) is 10.9. The Balaban J connectivity index is 1.50. The number of esters is 1. The molecule has 0 aromatic carbocycles. The number of carbonyl (C=O) groups is 3. The molecule has 5 aliphatic rings. The highest BCUT2D eigenvalue weighted by Gasteiger charge is 2.72. The Hall–Kier alpha value is -1.30. The summed E-state index contributed by atoms with van der Waals surface area (Å²) >= 11 is 1.68. The van der Waals surface area contributed by atoms with Crippen molar-refractivity contribution in [2.24, 2.45) is 56.7 Å². The minimum atomic E-state index is -0.594. The van der Waals surface area contributed by atoms with Crippen molar-refractivity contribution >= 4 is 29.4 Å². The van der Waals surface area contributed by atoms with Crippen LogP contribution in [0, 0.1) is 56.7 Å². The molecule has 5 aliphatic carbocycles. The smallest absolute Gasteiger partial charge is 0.328 e. The monoisotopic (exact) mass is 599 g/mol. The summed E-state index contributed by atoms with van der Waals surface area (Å²) in [5, 5.41) is 3.24. The highest BCUT2D eigenvalue weighted by molar-refractivity contribution is 7.98. The van der Waals surface area contributed by atoms with Crippen molar-refractivity contribution in [3.63, 3.8) is 0 Å². The predicted molar refractivity (Wildman–Crippen MR) is 171 cm³/mol. The normalized spacial score (nSPS) is 44.6. The molecule has 0 radical (unpaired) electrons. The zero-order valence-electron chi connectivity index (χ0n) is 27.7. The van der Waals surface area contributed by atoms with Crippen molar-refractivity contribution in [2.45, 2.75) is 118 Å². The van der Waals surface area contributed by atoms with Gasteiger partial charge in [0.05, 0.1) is 12.5 Å². The first-order valence-corrected chi connectivity index (χ1v) is 18.1. The maximum atomic E-state index is 14.5. The second-order valence-electron chi connectivity index (χ2n) is 16.3. The fourth-order valence-electron chi connectivity index (χ4n) is 12.3. The minimum Gasteiger partial charge on any atom is -0.467 e. The van der Waals surface area contributed by atoms with E-state index in [1.807, 2.05) is 6.26 Å². The van der Waals surface area contributed by atoms with Crippen LogP contribution in [-0.2, 0) is 19.1 Å². The summed E-state index contributed by atoms with van der Waals surface area (Å²) in [5.74, 6) is 3.07. The van der Waals surface area contributed by atoms with E-state index in [9.17, 15) is 14.4 Å². The molecule has 5 saturated carbocycles. The molecule has 5 fully saturated rings. The Morgan fingerprint density at radius 2 is 1.69 bits per heavy atom. The van der Waals surface area contributed by atoms with Crippen LogP contribution in [0.4, 0.5) is 0 Å². The molecule has 1 amide bonds. The van der Waals surface area contributed by atoms with Crippen LogP contribution in [0.15, 0.2) is 12.2 Å². The fourth-order valence-corrected chi connectivity index (χ4v) is 12.7. The highest BCUT2D eigenvalue weighted by Crippen LogP contribution is 2.77. The lowest BCUT2D eigenvalue weighted by Gasteiger charge is -2.72. The lowest BCUT2D eigenvalue weighted by Crippen LogP contribution is -2.67. The molecular weight excluding hydrogens is 542 g/mol. The van der Waals surface area contributed by atoms with Crippen molar-refractivity contribution in [3.8, 4) is 0 Å². The van der Waals surface area contributed by atoms with Gasteiger partial charge in [0.25, 0.3) is 0 Å². The number of rotatable bonds is 7. The van der Waals surface area contributed by atoms with Crippen molar-refractivity contribution in [1.29, 1.82) is 0 Å². The Morgan fingerprint density at radius 1 is 0.976 bits per heavy atom. The minimum absolute atomic E-state index is 0.0743. The van der Waals surface area contributed by atoms with Crippen molar-refractivity contribution in [1.82, 2.24) is 5.32 Å². The summed E-state index contributed by atoms with van der Waals surface area (Å²) in [7, 11) is 1.41. The number of hydrogen-bond acceptors (Lipinski definition) is 5. The number of fused-ring (bicyclic) bond motifs is 7. The number of carbonyl (C=O) groups excluding carboxylic acids is 3. The van der Waals surface area contributed by atoms with E-state index in [0.717, 1.165) is 50.7 Å². The largest absolute Gasteiger partial charge is 0.467 e. The van der Waals surface area contributed by atoms with Gasteiger partial charge in [0, 0.05) is 11.8 Å². The molecule has 0 aromatic rings. The van der Waals surface area contributed by atoms with E-state index < -0.39 is 11.5 Å². The standard InChI is InChI=1S/C36H57NO4S/c1-22(2)23-12-18-36(31(40)37-25(15-21-42-9)30(39)41-8)20-19-34(6)24(29(23)36)10-11-27-33(5)16-14-28(38)32(3,4)26(33)13-17-35(27,34)7/h23-27,29H,1,10-21H2,2-9H3,(H,37,40)/t23?,24?,25-,26?,27?,29?,33-,34-,35+,36-/m0/s1. The number of methoxy groups -OCH3 is 1. The first-order chi connectivity index (χ1) is 19.6. The molecule has 5 rings (SSSR count). The molecule has 42 heavy (non-hydrogen) atoms. The zero-order chi connectivity index (χ0) is 30.9. The molecule has 5 nitrogen and oxygen atoms in total. The molecule has 0 aromatic heterocycles. The summed E-state index contributed by atoms with van der Waals surface area (Å²) < 4.78 is 5.12. The topological polar surface area (TPSA) is 72.5 Å². The predicted octanol–water partition coefficient (Wildman–Crippen LogP) is 7.62. The van der Waals surface area contributed by atoms with Crippen molar-refractivity contribution < 1.29 is 19.1 Å². The second-order valence-corrected chi connectivity index (χ2v) is 17.3. The van der Waals surface area contributed by atoms with E-state index in [0.29, 0.717) is 42.3 Å². The van der Waals surface area contributed by atoms with Crippen LogP contribution in [0.1, 0.15) is 112 Å².